The zero-order valence-corrected chi connectivity index (χ0v) is 15.6. The van der Waals surface area contributed by atoms with Crippen molar-refractivity contribution in [2.24, 2.45) is 0 Å². The molecule has 1 heterocycles. The first-order valence-corrected chi connectivity index (χ1v) is 10.7. The summed E-state index contributed by atoms with van der Waals surface area (Å²) in [6, 6.07) is 0.828. The van der Waals surface area contributed by atoms with Gasteiger partial charge < -0.3 is 22.9 Å². The Morgan fingerprint density at radius 2 is 1.55 bits per heavy atom. The number of hydrogen-bond acceptors (Lipinski definition) is 5. The molecule has 0 aromatic heterocycles. The molecular formula is C16H34NO4Si. The summed E-state index contributed by atoms with van der Waals surface area (Å²) in [6.45, 7) is 12.9. The average Bonchev–Trinajstić information content (AvgIpc) is 3.00. The van der Waals surface area contributed by atoms with Crippen LogP contribution in [0.3, 0.4) is 0 Å². The number of ether oxygens (including phenoxy) is 1. The number of hydrogen-bond donors (Lipinski definition) is 0. The standard InChI is InChI=1S/C16H34NO4Si/c1-4-19-22(20-5-2,21-6-3)16-10-15-18-14-9-13-17-11-7-8-12-17/h9H,4-8,10-16H2,1-3H3. The molecule has 0 unspecified atom stereocenters. The van der Waals surface area contributed by atoms with Gasteiger partial charge in [0, 0.05) is 45.4 Å². The summed E-state index contributed by atoms with van der Waals surface area (Å²) in [5, 5.41) is 0. The maximum absolute atomic E-state index is 5.83. The van der Waals surface area contributed by atoms with Crippen LogP contribution in [0.15, 0.2) is 0 Å². The molecule has 0 spiro atoms. The molecular weight excluding hydrogens is 298 g/mol. The van der Waals surface area contributed by atoms with Crippen LogP contribution in [-0.4, -0.2) is 66.4 Å². The van der Waals surface area contributed by atoms with Crippen molar-refractivity contribution >= 4 is 8.80 Å². The Balaban J connectivity index is 2.10. The van der Waals surface area contributed by atoms with E-state index in [2.05, 4.69) is 11.3 Å². The third-order valence-electron chi connectivity index (χ3n) is 3.69. The molecule has 6 heteroatoms. The summed E-state index contributed by atoms with van der Waals surface area (Å²) in [7, 11) is -2.48. The lowest BCUT2D eigenvalue weighted by Gasteiger charge is -2.28. The molecule has 1 rings (SSSR count). The van der Waals surface area contributed by atoms with E-state index in [-0.39, 0.29) is 0 Å². The highest BCUT2D eigenvalue weighted by Crippen LogP contribution is 2.18. The summed E-state index contributed by atoms with van der Waals surface area (Å²) in [5.41, 5.74) is 0. The third-order valence-corrected chi connectivity index (χ3v) is 6.84. The van der Waals surface area contributed by atoms with Crippen LogP contribution in [0.5, 0.6) is 0 Å². The van der Waals surface area contributed by atoms with Gasteiger partial charge in [-0.25, -0.2) is 0 Å². The number of likely N-dealkylation sites (tertiary alicyclic amines) is 1. The largest absolute Gasteiger partial charge is 0.501 e. The Bertz CT molecular complexity index is 246. The van der Waals surface area contributed by atoms with Gasteiger partial charge in [-0.1, -0.05) is 0 Å². The molecule has 0 aliphatic carbocycles. The van der Waals surface area contributed by atoms with Gasteiger partial charge in [0.2, 0.25) is 0 Å². The predicted molar refractivity (Wildman–Crippen MR) is 90.8 cm³/mol. The molecule has 0 saturated carbocycles. The van der Waals surface area contributed by atoms with Crippen molar-refractivity contribution in [1.82, 2.24) is 4.90 Å². The van der Waals surface area contributed by atoms with Gasteiger partial charge in [-0.2, -0.15) is 0 Å². The Labute approximate surface area is 137 Å². The summed E-state index contributed by atoms with van der Waals surface area (Å²) < 4.78 is 23.2. The normalized spacial score (nSPS) is 16.5. The van der Waals surface area contributed by atoms with Crippen LogP contribution >= 0.6 is 0 Å². The summed E-state index contributed by atoms with van der Waals surface area (Å²) in [6.07, 6.45) is 5.83. The summed E-state index contributed by atoms with van der Waals surface area (Å²) >= 11 is 0. The zero-order chi connectivity index (χ0) is 16.1. The molecule has 1 radical (unpaired) electrons. The highest BCUT2D eigenvalue weighted by molar-refractivity contribution is 6.60. The van der Waals surface area contributed by atoms with Crippen LogP contribution in [0.2, 0.25) is 6.04 Å². The second kappa shape index (κ2) is 12.4. The van der Waals surface area contributed by atoms with E-state index in [1.54, 1.807) is 0 Å². The smallest absolute Gasteiger partial charge is 0.381 e. The minimum Gasteiger partial charge on any atom is -0.381 e. The van der Waals surface area contributed by atoms with Crippen molar-refractivity contribution < 1.29 is 18.0 Å². The first-order chi connectivity index (χ1) is 10.8. The predicted octanol–water partition coefficient (Wildman–Crippen LogP) is 2.74. The molecule has 1 aliphatic rings. The van der Waals surface area contributed by atoms with Crippen molar-refractivity contribution in [2.45, 2.75) is 46.1 Å². The van der Waals surface area contributed by atoms with E-state index >= 15 is 0 Å². The molecule has 0 bridgehead atoms. The van der Waals surface area contributed by atoms with Crippen LogP contribution < -0.4 is 0 Å². The molecule has 0 N–H and O–H groups in total. The van der Waals surface area contributed by atoms with Crippen molar-refractivity contribution in [3.05, 3.63) is 6.42 Å². The fourth-order valence-corrected chi connectivity index (χ4v) is 5.34. The maximum atomic E-state index is 5.83. The van der Waals surface area contributed by atoms with Gasteiger partial charge in [-0.15, -0.1) is 0 Å². The molecule has 131 valence electrons. The van der Waals surface area contributed by atoms with E-state index in [0.29, 0.717) is 19.8 Å². The van der Waals surface area contributed by atoms with Crippen LogP contribution in [0.1, 0.15) is 40.0 Å². The highest BCUT2D eigenvalue weighted by Gasteiger charge is 2.39. The van der Waals surface area contributed by atoms with Crippen LogP contribution in [-0.2, 0) is 18.0 Å². The summed E-state index contributed by atoms with van der Waals surface area (Å²) in [4.78, 5) is 2.47. The molecule has 1 fully saturated rings. The second-order valence-corrected chi connectivity index (χ2v) is 8.19. The minimum absolute atomic E-state index is 0.636. The van der Waals surface area contributed by atoms with E-state index < -0.39 is 8.80 Å². The number of rotatable bonds is 14. The molecule has 22 heavy (non-hydrogen) atoms. The van der Waals surface area contributed by atoms with Gasteiger partial charge in [0.05, 0.1) is 6.61 Å². The Morgan fingerprint density at radius 3 is 2.09 bits per heavy atom. The fourth-order valence-electron chi connectivity index (χ4n) is 2.76. The van der Waals surface area contributed by atoms with Gasteiger partial charge in [-0.3, -0.25) is 0 Å². The highest BCUT2D eigenvalue weighted by atomic mass is 28.4. The maximum Gasteiger partial charge on any atom is 0.501 e. The van der Waals surface area contributed by atoms with Gasteiger partial charge in [0.15, 0.2) is 0 Å². The first-order valence-electron chi connectivity index (χ1n) is 8.80. The van der Waals surface area contributed by atoms with E-state index in [0.717, 1.165) is 32.2 Å². The monoisotopic (exact) mass is 332 g/mol. The van der Waals surface area contributed by atoms with Crippen molar-refractivity contribution in [3.63, 3.8) is 0 Å². The molecule has 0 aromatic rings. The molecule has 5 nitrogen and oxygen atoms in total. The topological polar surface area (TPSA) is 40.2 Å². The average molecular weight is 333 g/mol. The van der Waals surface area contributed by atoms with Crippen LogP contribution in [0.25, 0.3) is 0 Å². The van der Waals surface area contributed by atoms with Gasteiger partial charge in [0.1, 0.15) is 0 Å². The zero-order valence-electron chi connectivity index (χ0n) is 14.6. The first kappa shape index (κ1) is 20.1. The van der Waals surface area contributed by atoms with Crippen molar-refractivity contribution in [3.8, 4) is 0 Å². The molecule has 0 amide bonds. The van der Waals surface area contributed by atoms with Gasteiger partial charge in [-0.05, 0) is 53.1 Å². The van der Waals surface area contributed by atoms with E-state index in [1.807, 2.05) is 20.8 Å². The number of nitrogens with zero attached hydrogens (tertiary/aromatic N) is 1. The van der Waals surface area contributed by atoms with E-state index in [9.17, 15) is 0 Å². The van der Waals surface area contributed by atoms with Gasteiger partial charge >= 0.3 is 8.80 Å². The molecule has 0 aromatic carbocycles. The molecule has 1 aliphatic heterocycles. The SMILES string of the molecule is CCO[Si](CCCOC[CH]CN1CCCC1)(OCC)OCC. The van der Waals surface area contributed by atoms with Crippen molar-refractivity contribution in [2.75, 3.05) is 52.7 Å². The van der Waals surface area contributed by atoms with E-state index in [1.165, 1.54) is 25.9 Å². The minimum atomic E-state index is -2.48. The quantitative estimate of drug-likeness (QED) is 0.361. The van der Waals surface area contributed by atoms with E-state index in [4.69, 9.17) is 18.0 Å². The van der Waals surface area contributed by atoms with Gasteiger partial charge in [0.25, 0.3) is 0 Å². The lowest BCUT2D eigenvalue weighted by atomic mass is 10.4. The third kappa shape index (κ3) is 8.03. The Hall–Kier alpha value is 0.0169. The Morgan fingerprint density at radius 1 is 0.955 bits per heavy atom. The molecule has 1 saturated heterocycles. The van der Waals surface area contributed by atoms with Crippen LogP contribution in [0, 0.1) is 6.42 Å². The summed E-state index contributed by atoms with van der Waals surface area (Å²) in [5.74, 6) is 0. The van der Waals surface area contributed by atoms with Crippen molar-refractivity contribution in [1.29, 1.82) is 0 Å². The lowest BCUT2D eigenvalue weighted by Crippen LogP contribution is -2.46. The van der Waals surface area contributed by atoms with Crippen LogP contribution in [0.4, 0.5) is 0 Å². The molecule has 0 atom stereocenters. The Kier molecular flexibility index (Phi) is 11.3. The second-order valence-electron chi connectivity index (χ2n) is 5.46. The lowest BCUT2D eigenvalue weighted by molar-refractivity contribution is 0.0667. The fraction of sp³-hybridized carbons (Fsp3) is 0.938.